The van der Waals surface area contributed by atoms with Gasteiger partial charge < -0.3 is 0 Å². The number of ketones is 1. The molecule has 7 aromatic rings. The van der Waals surface area contributed by atoms with E-state index < -0.39 is 5.91 Å². The van der Waals surface area contributed by atoms with Gasteiger partial charge >= 0.3 is 0 Å². The number of nitrogens with zero attached hydrogens (tertiary/aromatic N) is 5. The third-order valence-electron chi connectivity index (χ3n) is 8.06. The van der Waals surface area contributed by atoms with E-state index in [0.717, 1.165) is 22.5 Å². The Labute approximate surface area is 289 Å². The highest BCUT2D eigenvalue weighted by atomic mass is 16.2. The number of rotatable bonds is 11. The summed E-state index contributed by atoms with van der Waals surface area (Å²) >= 11 is 0. The van der Waals surface area contributed by atoms with Crippen molar-refractivity contribution in [2.75, 3.05) is 0 Å². The molecular weight excluding hydrogens is 621 g/mol. The van der Waals surface area contributed by atoms with Gasteiger partial charge in [-0.25, -0.2) is 14.8 Å². The van der Waals surface area contributed by atoms with Crippen molar-refractivity contribution in [2.45, 2.75) is 6.42 Å². The molecular formula is C42H32N6O2. The van der Waals surface area contributed by atoms with Crippen LogP contribution in [0.4, 0.5) is 0 Å². The fourth-order valence-corrected chi connectivity index (χ4v) is 5.56. The molecule has 0 atom stereocenters. The van der Waals surface area contributed by atoms with Crippen molar-refractivity contribution < 1.29 is 9.59 Å². The number of aromatic nitrogens is 4. The second-order valence-corrected chi connectivity index (χ2v) is 11.5. The molecule has 0 bridgehead atoms. The molecule has 8 heteroatoms. The van der Waals surface area contributed by atoms with Gasteiger partial charge in [0.25, 0.3) is 5.91 Å². The lowest BCUT2D eigenvalue weighted by Crippen LogP contribution is -2.21. The van der Waals surface area contributed by atoms with Crippen LogP contribution in [0.15, 0.2) is 175 Å². The van der Waals surface area contributed by atoms with E-state index in [1.54, 1.807) is 45.9 Å². The summed E-state index contributed by atoms with van der Waals surface area (Å²) < 4.78 is 3.56. The summed E-state index contributed by atoms with van der Waals surface area (Å²) in [6.07, 6.45) is 6.89. The topological polar surface area (TPSA) is 94.2 Å². The molecule has 0 spiro atoms. The first-order valence-corrected chi connectivity index (χ1v) is 16.2. The Balaban J connectivity index is 1.24. The molecule has 0 aliphatic rings. The smallest absolute Gasteiger partial charge is 0.267 e. The first kappa shape index (κ1) is 31.7. The van der Waals surface area contributed by atoms with Gasteiger partial charge in [0.05, 0.1) is 23.3 Å². The monoisotopic (exact) mass is 652 g/mol. The zero-order valence-corrected chi connectivity index (χ0v) is 27.0. The number of amides is 1. The predicted octanol–water partition coefficient (Wildman–Crippen LogP) is 8.20. The van der Waals surface area contributed by atoms with Gasteiger partial charge in [0, 0.05) is 52.2 Å². The second kappa shape index (κ2) is 14.9. The van der Waals surface area contributed by atoms with Gasteiger partial charge in [-0.2, -0.15) is 15.3 Å². The largest absolute Gasteiger partial charge is 0.294 e. The number of hydrogen-bond acceptors (Lipinski definition) is 5. The Morgan fingerprint density at radius 2 is 1.02 bits per heavy atom. The maximum Gasteiger partial charge on any atom is 0.267 e. The highest BCUT2D eigenvalue weighted by Gasteiger charge is 2.19. The van der Waals surface area contributed by atoms with E-state index in [4.69, 9.17) is 10.2 Å². The van der Waals surface area contributed by atoms with Crippen LogP contribution in [0.1, 0.15) is 27.9 Å². The van der Waals surface area contributed by atoms with E-state index in [1.807, 2.05) is 140 Å². The van der Waals surface area contributed by atoms with E-state index >= 15 is 0 Å². The molecule has 1 amide bonds. The van der Waals surface area contributed by atoms with Crippen LogP contribution in [0.25, 0.3) is 40.0 Å². The predicted molar refractivity (Wildman–Crippen MR) is 197 cm³/mol. The maximum atomic E-state index is 13.9. The molecule has 7 rings (SSSR count). The van der Waals surface area contributed by atoms with Crippen molar-refractivity contribution >= 4 is 24.0 Å². The van der Waals surface area contributed by atoms with Crippen molar-refractivity contribution in [2.24, 2.45) is 5.10 Å². The fraction of sp³-hybridized carbons (Fsp3) is 0.0238. The normalized spacial score (nSPS) is 11.5. The minimum absolute atomic E-state index is 0.142. The first-order valence-electron chi connectivity index (χ1n) is 16.2. The Morgan fingerprint density at radius 3 is 1.54 bits per heavy atom. The van der Waals surface area contributed by atoms with Crippen molar-refractivity contribution in [3.63, 3.8) is 0 Å². The Morgan fingerprint density at radius 1 is 0.580 bits per heavy atom. The molecule has 242 valence electrons. The zero-order chi connectivity index (χ0) is 34.1. The lowest BCUT2D eigenvalue weighted by molar-refractivity contribution is -0.117. The van der Waals surface area contributed by atoms with Crippen LogP contribution in [0.5, 0.6) is 0 Å². The number of nitrogens with one attached hydrogen (secondary N) is 1. The second-order valence-electron chi connectivity index (χ2n) is 11.5. The molecule has 0 saturated carbocycles. The van der Waals surface area contributed by atoms with Crippen LogP contribution in [-0.2, 0) is 4.79 Å². The number of para-hydroxylation sites is 2. The zero-order valence-electron chi connectivity index (χ0n) is 27.0. The Kier molecular flexibility index (Phi) is 9.42. The quantitative estimate of drug-likeness (QED) is 0.0660. The number of carbonyl (C=O) groups is 2. The molecule has 0 unspecified atom stereocenters. The van der Waals surface area contributed by atoms with E-state index in [9.17, 15) is 9.59 Å². The lowest BCUT2D eigenvalue weighted by atomic mass is 9.99. The molecule has 0 aliphatic heterocycles. The van der Waals surface area contributed by atoms with Crippen LogP contribution in [0, 0.1) is 0 Å². The van der Waals surface area contributed by atoms with Crippen LogP contribution in [-0.4, -0.2) is 37.5 Å². The third-order valence-corrected chi connectivity index (χ3v) is 8.06. The molecule has 0 radical (unpaired) electrons. The molecule has 2 aromatic heterocycles. The van der Waals surface area contributed by atoms with E-state index in [-0.39, 0.29) is 17.8 Å². The molecule has 8 nitrogen and oxygen atoms in total. The summed E-state index contributed by atoms with van der Waals surface area (Å²) in [7, 11) is 0. The van der Waals surface area contributed by atoms with Crippen molar-refractivity contribution in [1.29, 1.82) is 0 Å². The summed E-state index contributed by atoms with van der Waals surface area (Å²) in [4.78, 5) is 27.4. The molecule has 0 aliphatic carbocycles. The number of benzene rings is 5. The molecule has 1 N–H and O–H groups in total. The van der Waals surface area contributed by atoms with Gasteiger partial charge in [0.15, 0.2) is 5.78 Å². The van der Waals surface area contributed by atoms with E-state index in [0.29, 0.717) is 28.1 Å². The summed E-state index contributed by atoms with van der Waals surface area (Å²) in [5.41, 5.74) is 9.76. The van der Waals surface area contributed by atoms with Crippen LogP contribution in [0.2, 0.25) is 0 Å². The summed E-state index contributed by atoms with van der Waals surface area (Å²) in [5.74, 6) is -0.697. The Bertz CT molecular complexity index is 2280. The van der Waals surface area contributed by atoms with Gasteiger partial charge in [-0.1, -0.05) is 127 Å². The Hall–Kier alpha value is -6.93. The highest BCUT2D eigenvalue weighted by Crippen LogP contribution is 2.27. The van der Waals surface area contributed by atoms with Crippen molar-refractivity contribution in [3.05, 3.63) is 186 Å². The van der Waals surface area contributed by atoms with Crippen LogP contribution >= 0.6 is 0 Å². The average Bonchev–Trinajstić information content (AvgIpc) is 3.81. The van der Waals surface area contributed by atoms with Gasteiger partial charge in [-0.3, -0.25) is 9.59 Å². The van der Waals surface area contributed by atoms with Gasteiger partial charge in [0.2, 0.25) is 0 Å². The average molecular weight is 653 g/mol. The maximum absolute atomic E-state index is 13.9. The summed E-state index contributed by atoms with van der Waals surface area (Å²) in [6.45, 7) is 0. The fourth-order valence-electron chi connectivity index (χ4n) is 5.56. The van der Waals surface area contributed by atoms with E-state index in [2.05, 4.69) is 10.5 Å². The minimum atomic E-state index is -0.506. The minimum Gasteiger partial charge on any atom is -0.294 e. The number of Topliss-reactive ketones (excluding diaryl/α,β-unsaturated/α-hetero) is 1. The molecule has 5 aromatic carbocycles. The lowest BCUT2D eigenvalue weighted by Gasteiger charge is -2.07. The SMILES string of the molecule is O=C(NN=Cc1cn(-c2ccccc2)nc1-c1ccccc1)C(=Cc1cn(-c2ccccc2)nc1-c1ccccc1)CC(=O)c1ccccc1. The highest BCUT2D eigenvalue weighted by molar-refractivity contribution is 6.08. The van der Waals surface area contributed by atoms with Crippen molar-refractivity contribution in [1.82, 2.24) is 25.0 Å². The third kappa shape index (κ3) is 7.30. The first-order chi connectivity index (χ1) is 24.6. The van der Waals surface area contributed by atoms with Crippen LogP contribution in [0.3, 0.4) is 0 Å². The van der Waals surface area contributed by atoms with Gasteiger partial charge in [-0.15, -0.1) is 0 Å². The number of carbonyl (C=O) groups excluding carboxylic acids is 2. The molecule has 50 heavy (non-hydrogen) atoms. The summed E-state index contributed by atoms with van der Waals surface area (Å²) in [5, 5.41) is 14.1. The molecule has 0 fully saturated rings. The van der Waals surface area contributed by atoms with Gasteiger partial charge in [0.1, 0.15) is 5.69 Å². The number of hydrazone groups is 1. The number of hydrogen-bond donors (Lipinski definition) is 1. The summed E-state index contributed by atoms with van der Waals surface area (Å²) in [6, 6.07) is 48.0. The van der Waals surface area contributed by atoms with E-state index in [1.165, 1.54) is 0 Å². The molecule has 2 heterocycles. The van der Waals surface area contributed by atoms with Crippen molar-refractivity contribution in [3.8, 4) is 33.9 Å². The standard InChI is InChI=1S/C42H32N6O2/c49-39(31-16-6-1-7-17-31)27-34(26-35-29-47(37-22-12-4-13-23-37)45-40(35)32-18-8-2-9-19-32)42(50)44-43-28-36-30-48(38-24-14-5-15-25-38)46-41(36)33-20-10-3-11-21-33/h1-26,28-30H,27H2,(H,44,50). The van der Waals surface area contributed by atoms with Gasteiger partial charge in [-0.05, 0) is 30.3 Å². The molecule has 0 saturated heterocycles. The van der Waals surface area contributed by atoms with Crippen LogP contribution < -0.4 is 5.43 Å².